The number of hydrogen-bond donors (Lipinski definition) is 0. The standard InChI is InChI=1S/C100H150O12/c1-67(2)29-27-31-69(5)83-49-51-85-79-47-43-73-61-75(53-57-97(73,7)87(79)55-59-99(83,85)9)109-93(101)33-23-19-15-17-21-25-35-95(103)111-77-63-89(105-11)81(90(64-77)106-12)45-41-71-37-39-72(40-38-71)42-46-82-91(107-13)65-78(66-92(82)108-14)112-96(104)36-26-22-18-16-20-24-34-94(102)110-76-54-58-98(8)74(62-76)44-48-80-86-52-50-84(70(6)32-28-30-68(3)4)100(86,10)60-56-88(80)98/h37-42,45-46,63-70,73-76,79-80,83-88H,15-36,43-44,47-62H2,1-14H3/b45-41+,46-42+/t69-,70-,73?,74?,75?,76?,79+,80+,83-,84-,85+,86+,87+,88+,97+,98+,99-,100-/m1/s1. The van der Waals surface area contributed by atoms with Crippen LogP contribution in [-0.2, 0) is 28.7 Å². The summed E-state index contributed by atoms with van der Waals surface area (Å²) in [5, 5.41) is 0. The molecule has 18 atom stereocenters. The third-order valence-electron chi connectivity index (χ3n) is 31.6. The minimum Gasteiger partial charge on any atom is -0.496 e. The van der Waals surface area contributed by atoms with E-state index in [1.54, 1.807) is 52.7 Å². The molecule has 0 heterocycles. The SMILES string of the molecule is COc1cc(OC(=O)CCCCCCCCC(=O)OC2CC[C@@]3(C)C(CC[C@H]4[C@@H]5CC[C@H]([C@H](C)CCCC(C)C)[C@@]5(C)CC[C@@H]43)C2)cc(OC)c1/C=C/c1ccc(/C=C/c2c(OC)cc(OC(=O)CCCCCCCCC(=O)OC3CC[C@@]4(C)C(CC[C@H]5[C@@H]6CC[C@H]([C@H](C)CCCC(C)C)[C@@]6(C)CC[C@@H]54)C3)cc2OC)cc1. The van der Waals surface area contributed by atoms with Crippen molar-refractivity contribution in [3.63, 3.8) is 0 Å². The van der Waals surface area contributed by atoms with Crippen LogP contribution < -0.4 is 28.4 Å². The van der Waals surface area contributed by atoms with Gasteiger partial charge in [0.2, 0.25) is 0 Å². The Labute approximate surface area is 678 Å². The van der Waals surface area contributed by atoms with Crippen molar-refractivity contribution in [3.05, 3.63) is 70.8 Å². The second kappa shape index (κ2) is 40.4. The number of rotatable bonds is 40. The molecule has 0 aromatic heterocycles. The first-order valence-corrected chi connectivity index (χ1v) is 45.7. The summed E-state index contributed by atoms with van der Waals surface area (Å²) in [7, 11) is 6.36. The lowest BCUT2D eigenvalue weighted by Crippen LogP contribution is -2.54. The van der Waals surface area contributed by atoms with Crippen molar-refractivity contribution in [1.29, 1.82) is 0 Å². The number of hydrogen-bond acceptors (Lipinski definition) is 12. The average Bonchev–Trinajstić information content (AvgIpc) is 1.46. The van der Waals surface area contributed by atoms with Gasteiger partial charge in [-0.25, -0.2) is 0 Å². The van der Waals surface area contributed by atoms with Gasteiger partial charge in [0.25, 0.3) is 0 Å². The molecular formula is C100H150O12. The van der Waals surface area contributed by atoms with Crippen LogP contribution in [0.4, 0.5) is 0 Å². The van der Waals surface area contributed by atoms with Gasteiger partial charge in [0.05, 0.1) is 39.6 Å². The quantitative estimate of drug-likeness (QED) is 0.0231. The van der Waals surface area contributed by atoms with Crippen molar-refractivity contribution in [2.45, 2.75) is 338 Å². The molecular weight excluding hydrogens is 1390 g/mol. The fraction of sp³-hybridized carbons (Fsp3) is 0.740. The lowest BCUT2D eigenvalue weighted by Gasteiger charge is -2.61. The minimum atomic E-state index is -0.300. The van der Waals surface area contributed by atoms with Gasteiger partial charge in [-0.3, -0.25) is 19.2 Å². The summed E-state index contributed by atoms with van der Waals surface area (Å²) in [6, 6.07) is 15.0. The smallest absolute Gasteiger partial charge is 0.311 e. The van der Waals surface area contributed by atoms with Crippen molar-refractivity contribution < 1.29 is 57.1 Å². The van der Waals surface area contributed by atoms with E-state index in [-0.39, 0.29) is 36.1 Å². The van der Waals surface area contributed by atoms with E-state index >= 15 is 0 Å². The molecule has 0 N–H and O–H groups in total. The Balaban J connectivity index is 0.531. The normalized spacial score (nSPS) is 30.5. The Hall–Kier alpha value is -5.78. The number of ether oxygens (including phenoxy) is 8. The van der Waals surface area contributed by atoms with Crippen LogP contribution in [0.15, 0.2) is 48.5 Å². The largest absolute Gasteiger partial charge is 0.496 e. The summed E-state index contributed by atoms with van der Waals surface area (Å²) in [5.41, 5.74) is 5.15. The molecule has 12 nitrogen and oxygen atoms in total. The first kappa shape index (κ1) is 87.1. The first-order chi connectivity index (χ1) is 53.9. The fourth-order valence-corrected chi connectivity index (χ4v) is 25.4. The third kappa shape index (κ3) is 21.3. The van der Waals surface area contributed by atoms with Crippen LogP contribution in [0.5, 0.6) is 34.5 Å². The number of fused-ring (bicyclic) bond motifs is 10. The number of methoxy groups -OCH3 is 4. The summed E-state index contributed by atoms with van der Waals surface area (Å²) in [4.78, 5) is 52.6. The highest BCUT2D eigenvalue weighted by atomic mass is 16.6. The molecule has 112 heavy (non-hydrogen) atoms. The maximum absolute atomic E-state index is 13.2. The minimum absolute atomic E-state index is 0.0209. The van der Waals surface area contributed by atoms with Crippen LogP contribution in [0, 0.1) is 105 Å². The third-order valence-corrected chi connectivity index (χ3v) is 31.6. The number of carbonyl (C=O) groups excluding carboxylic acids is 4. The maximum Gasteiger partial charge on any atom is 0.311 e. The van der Waals surface area contributed by atoms with Crippen molar-refractivity contribution in [3.8, 4) is 34.5 Å². The number of benzene rings is 3. The summed E-state index contributed by atoms with van der Waals surface area (Å²) in [6.07, 6.45) is 52.2. The van der Waals surface area contributed by atoms with Gasteiger partial charge in [-0.1, -0.05) is 196 Å². The summed E-state index contributed by atoms with van der Waals surface area (Å²) in [6.45, 7) is 25.3. The van der Waals surface area contributed by atoms with E-state index in [0.29, 0.717) is 105 Å². The number of esters is 4. The van der Waals surface area contributed by atoms with E-state index in [1.807, 2.05) is 48.6 Å². The van der Waals surface area contributed by atoms with Gasteiger partial charge in [0.1, 0.15) is 46.7 Å². The van der Waals surface area contributed by atoms with E-state index in [4.69, 9.17) is 37.9 Å². The summed E-state index contributed by atoms with van der Waals surface area (Å²) in [5.74, 6) is 13.8. The van der Waals surface area contributed by atoms with Crippen molar-refractivity contribution in [1.82, 2.24) is 0 Å². The molecule has 0 spiro atoms. The average molecular weight is 1540 g/mol. The topological polar surface area (TPSA) is 142 Å². The molecule has 8 aliphatic carbocycles. The van der Waals surface area contributed by atoms with E-state index in [2.05, 4.69) is 69.2 Å². The van der Waals surface area contributed by atoms with E-state index < -0.39 is 0 Å². The van der Waals surface area contributed by atoms with Gasteiger partial charge < -0.3 is 37.9 Å². The molecule has 0 aliphatic heterocycles. The molecule has 8 aliphatic rings. The Bertz CT molecular complexity index is 3310. The highest BCUT2D eigenvalue weighted by molar-refractivity contribution is 5.81. The van der Waals surface area contributed by atoms with Crippen LogP contribution in [0.3, 0.4) is 0 Å². The Morgan fingerprint density at radius 1 is 0.366 bits per heavy atom. The van der Waals surface area contributed by atoms with Crippen molar-refractivity contribution in [2.24, 2.45) is 105 Å². The number of carbonyl (C=O) groups is 4. The van der Waals surface area contributed by atoms with E-state index in [0.717, 1.165) is 185 Å². The molecule has 0 saturated heterocycles. The second-order valence-electron chi connectivity index (χ2n) is 39.2. The highest BCUT2D eigenvalue weighted by Gasteiger charge is 2.63. The monoisotopic (exact) mass is 1540 g/mol. The molecule has 0 bridgehead atoms. The molecule has 3 aromatic rings. The van der Waals surface area contributed by atoms with E-state index in [1.165, 1.54) is 128 Å². The maximum atomic E-state index is 13.2. The van der Waals surface area contributed by atoms with Gasteiger partial charge in [0, 0.05) is 49.9 Å². The van der Waals surface area contributed by atoms with Crippen LogP contribution in [0.2, 0.25) is 0 Å². The van der Waals surface area contributed by atoms with Crippen LogP contribution in [0.1, 0.15) is 348 Å². The zero-order chi connectivity index (χ0) is 79.7. The Morgan fingerprint density at radius 2 is 0.688 bits per heavy atom. The number of unbranched alkanes of at least 4 members (excludes halogenated alkanes) is 10. The lowest BCUT2D eigenvalue weighted by molar-refractivity contribution is -0.163. The molecule has 8 saturated carbocycles. The Morgan fingerprint density at radius 3 is 1.03 bits per heavy atom. The zero-order valence-electron chi connectivity index (χ0n) is 72.3. The van der Waals surface area contributed by atoms with E-state index in [9.17, 15) is 19.2 Å². The fourth-order valence-electron chi connectivity index (χ4n) is 25.4. The van der Waals surface area contributed by atoms with Crippen LogP contribution >= 0.6 is 0 Å². The van der Waals surface area contributed by atoms with Crippen LogP contribution in [0.25, 0.3) is 24.3 Å². The highest BCUT2D eigenvalue weighted by Crippen LogP contribution is 2.71. The van der Waals surface area contributed by atoms with Gasteiger partial charge in [-0.15, -0.1) is 0 Å². The van der Waals surface area contributed by atoms with Gasteiger partial charge in [-0.05, 0) is 269 Å². The molecule has 4 unspecified atom stereocenters. The van der Waals surface area contributed by atoms with Gasteiger partial charge >= 0.3 is 23.9 Å². The molecule has 11 rings (SSSR count). The molecule has 0 amide bonds. The molecule has 3 aromatic carbocycles. The molecule has 0 radical (unpaired) electrons. The van der Waals surface area contributed by atoms with Crippen molar-refractivity contribution >= 4 is 48.2 Å². The first-order valence-electron chi connectivity index (χ1n) is 45.7. The summed E-state index contributed by atoms with van der Waals surface area (Å²) >= 11 is 0. The molecule has 8 fully saturated rings. The summed E-state index contributed by atoms with van der Waals surface area (Å²) < 4.78 is 47.3. The predicted octanol–water partition coefficient (Wildman–Crippen LogP) is 26.2. The predicted molar refractivity (Wildman–Crippen MR) is 454 cm³/mol. The second-order valence-corrected chi connectivity index (χ2v) is 39.2. The van der Waals surface area contributed by atoms with Gasteiger partial charge in [-0.2, -0.15) is 0 Å². The van der Waals surface area contributed by atoms with Gasteiger partial charge in [0.15, 0.2) is 0 Å². The lowest BCUT2D eigenvalue weighted by atomic mass is 9.44. The zero-order valence-corrected chi connectivity index (χ0v) is 72.3. The van der Waals surface area contributed by atoms with Crippen molar-refractivity contribution in [2.75, 3.05) is 28.4 Å². The molecule has 12 heteroatoms. The Kier molecular flexibility index (Phi) is 31.4. The molecule has 622 valence electrons. The van der Waals surface area contributed by atoms with Crippen LogP contribution in [-0.4, -0.2) is 64.5 Å².